The summed E-state index contributed by atoms with van der Waals surface area (Å²) in [5.41, 5.74) is 8.18. The van der Waals surface area contributed by atoms with E-state index in [0.717, 1.165) is 30.9 Å². The number of hydrogen-bond acceptors (Lipinski definition) is 4. The third-order valence-corrected chi connectivity index (χ3v) is 4.77. The molecule has 6 heteroatoms. The number of fused-ring (bicyclic) bond motifs is 1. The van der Waals surface area contributed by atoms with Crippen LogP contribution in [-0.4, -0.2) is 47.0 Å². The highest BCUT2D eigenvalue weighted by Crippen LogP contribution is 2.30. The maximum Gasteiger partial charge on any atom is 0.250 e. The van der Waals surface area contributed by atoms with E-state index < -0.39 is 5.91 Å². The van der Waals surface area contributed by atoms with Crippen LogP contribution in [0.4, 0.5) is 0 Å². The van der Waals surface area contributed by atoms with E-state index in [4.69, 9.17) is 10.5 Å². The minimum absolute atomic E-state index is 0.422. The average molecular weight is 349 g/mol. The summed E-state index contributed by atoms with van der Waals surface area (Å²) >= 11 is 0. The van der Waals surface area contributed by atoms with Gasteiger partial charge >= 0.3 is 0 Å². The van der Waals surface area contributed by atoms with Crippen LogP contribution in [0.15, 0.2) is 36.7 Å². The Morgan fingerprint density at radius 3 is 3.00 bits per heavy atom. The zero-order chi connectivity index (χ0) is 17.9. The van der Waals surface area contributed by atoms with Crippen LogP contribution in [0.2, 0.25) is 0 Å². The van der Waals surface area contributed by atoms with Gasteiger partial charge in [0, 0.05) is 36.0 Å². The van der Waals surface area contributed by atoms with E-state index in [-0.39, 0.29) is 0 Å². The molecule has 3 heterocycles. The molecule has 0 atom stereocenters. The Labute approximate surface area is 152 Å². The first kappa shape index (κ1) is 16.6. The van der Waals surface area contributed by atoms with E-state index in [1.807, 2.05) is 24.3 Å². The van der Waals surface area contributed by atoms with Crippen LogP contribution in [0.1, 0.15) is 23.2 Å². The van der Waals surface area contributed by atoms with Crippen molar-refractivity contribution in [3.8, 4) is 16.9 Å². The maximum absolute atomic E-state index is 12.0. The highest BCUT2D eigenvalue weighted by molar-refractivity contribution is 6.10. The largest absolute Gasteiger partial charge is 0.492 e. The van der Waals surface area contributed by atoms with Crippen LogP contribution in [-0.2, 0) is 0 Å². The second-order valence-corrected chi connectivity index (χ2v) is 6.49. The van der Waals surface area contributed by atoms with Crippen molar-refractivity contribution in [2.75, 3.05) is 26.2 Å². The summed E-state index contributed by atoms with van der Waals surface area (Å²) in [6.45, 7) is 3.89. The van der Waals surface area contributed by atoms with E-state index in [1.165, 1.54) is 12.8 Å². The molecule has 26 heavy (non-hydrogen) atoms. The van der Waals surface area contributed by atoms with Gasteiger partial charge in [0.25, 0.3) is 0 Å². The number of ether oxygens (including phenoxy) is 1. The minimum Gasteiger partial charge on any atom is -0.492 e. The fraction of sp³-hybridized carbons (Fsp3) is 0.300. The SMILES string of the molecule is NC(=O)c1c(-c2cccc(OCCN3CCCC3)c2)cnc2[nH]c[c]c12. The van der Waals surface area contributed by atoms with Crippen molar-refractivity contribution in [2.24, 2.45) is 5.73 Å². The zero-order valence-corrected chi connectivity index (χ0v) is 14.5. The molecular formula is C20H21N4O2. The van der Waals surface area contributed by atoms with Crippen molar-refractivity contribution in [1.82, 2.24) is 14.9 Å². The van der Waals surface area contributed by atoms with Gasteiger partial charge in [-0.2, -0.15) is 0 Å². The highest BCUT2D eigenvalue weighted by Gasteiger charge is 2.17. The van der Waals surface area contributed by atoms with Crippen molar-refractivity contribution >= 4 is 16.9 Å². The van der Waals surface area contributed by atoms with Crippen LogP contribution in [0.3, 0.4) is 0 Å². The van der Waals surface area contributed by atoms with Gasteiger partial charge in [-0.25, -0.2) is 4.98 Å². The topological polar surface area (TPSA) is 84.2 Å². The number of carbonyl (C=O) groups is 1. The molecule has 3 aromatic rings. The lowest BCUT2D eigenvalue weighted by Crippen LogP contribution is -2.25. The Bertz CT molecular complexity index is 928. The van der Waals surface area contributed by atoms with Gasteiger partial charge in [-0.1, -0.05) is 12.1 Å². The summed E-state index contributed by atoms with van der Waals surface area (Å²) < 4.78 is 5.91. The smallest absolute Gasteiger partial charge is 0.250 e. The summed E-state index contributed by atoms with van der Waals surface area (Å²) in [6.07, 6.45) is 5.84. The molecule has 1 amide bonds. The molecule has 1 aromatic carbocycles. The van der Waals surface area contributed by atoms with Crippen molar-refractivity contribution in [1.29, 1.82) is 0 Å². The predicted molar refractivity (Wildman–Crippen MR) is 100 cm³/mol. The fourth-order valence-corrected chi connectivity index (χ4v) is 3.46. The molecule has 1 aliphatic rings. The molecular weight excluding hydrogens is 328 g/mol. The number of hydrogen-bond donors (Lipinski definition) is 2. The Morgan fingerprint density at radius 2 is 2.19 bits per heavy atom. The van der Waals surface area contributed by atoms with Crippen LogP contribution < -0.4 is 10.5 Å². The molecule has 2 aromatic heterocycles. The normalized spacial score (nSPS) is 14.8. The number of primary amides is 1. The third-order valence-electron chi connectivity index (χ3n) is 4.77. The molecule has 0 bridgehead atoms. The van der Waals surface area contributed by atoms with Crippen molar-refractivity contribution in [3.05, 3.63) is 48.3 Å². The summed E-state index contributed by atoms with van der Waals surface area (Å²) in [7, 11) is 0. The van der Waals surface area contributed by atoms with Gasteiger partial charge in [-0.05, 0) is 43.6 Å². The molecule has 1 fully saturated rings. The highest BCUT2D eigenvalue weighted by atomic mass is 16.5. The summed E-state index contributed by atoms with van der Waals surface area (Å²) in [5, 5.41) is 0.607. The van der Waals surface area contributed by atoms with Gasteiger partial charge in [0.15, 0.2) is 0 Å². The van der Waals surface area contributed by atoms with Crippen molar-refractivity contribution in [2.45, 2.75) is 12.8 Å². The monoisotopic (exact) mass is 349 g/mol. The third kappa shape index (κ3) is 3.28. The molecule has 3 N–H and O–H groups in total. The second kappa shape index (κ2) is 7.17. The van der Waals surface area contributed by atoms with Gasteiger partial charge < -0.3 is 15.5 Å². The molecule has 0 spiro atoms. The lowest BCUT2D eigenvalue weighted by atomic mass is 9.99. The molecule has 0 unspecified atom stereocenters. The lowest BCUT2D eigenvalue weighted by molar-refractivity contribution is 0.100. The first-order valence-corrected chi connectivity index (χ1v) is 8.85. The number of aromatic nitrogens is 2. The number of nitrogens with one attached hydrogen (secondary N) is 1. The number of pyridine rings is 1. The van der Waals surface area contributed by atoms with Gasteiger partial charge in [0.1, 0.15) is 18.0 Å². The Kier molecular flexibility index (Phi) is 4.58. The first-order valence-electron chi connectivity index (χ1n) is 8.85. The molecule has 133 valence electrons. The number of amides is 1. The Hall–Kier alpha value is -2.86. The quantitative estimate of drug-likeness (QED) is 0.716. The van der Waals surface area contributed by atoms with E-state index >= 15 is 0 Å². The Morgan fingerprint density at radius 1 is 1.35 bits per heavy atom. The lowest BCUT2D eigenvalue weighted by Gasteiger charge is -2.15. The van der Waals surface area contributed by atoms with Crippen LogP contribution >= 0.6 is 0 Å². The molecule has 4 rings (SSSR count). The van der Waals surface area contributed by atoms with Gasteiger partial charge in [0.2, 0.25) is 5.91 Å². The number of rotatable bonds is 6. The number of carbonyl (C=O) groups excluding carboxylic acids is 1. The van der Waals surface area contributed by atoms with E-state index in [9.17, 15) is 4.79 Å². The van der Waals surface area contributed by atoms with Crippen LogP contribution in [0.25, 0.3) is 22.2 Å². The summed E-state index contributed by atoms with van der Waals surface area (Å²) in [6, 6.07) is 10.7. The first-order chi connectivity index (χ1) is 12.7. The Balaban J connectivity index is 1.59. The summed E-state index contributed by atoms with van der Waals surface area (Å²) in [4.78, 5) is 21.8. The molecule has 1 saturated heterocycles. The molecule has 1 aliphatic heterocycles. The minimum atomic E-state index is -0.497. The average Bonchev–Trinajstić information content (AvgIpc) is 3.32. The fourth-order valence-electron chi connectivity index (χ4n) is 3.46. The molecule has 0 aliphatic carbocycles. The number of likely N-dealkylation sites (tertiary alicyclic amines) is 1. The zero-order valence-electron chi connectivity index (χ0n) is 14.5. The van der Waals surface area contributed by atoms with Crippen LogP contribution in [0.5, 0.6) is 5.75 Å². The predicted octanol–water partition coefficient (Wildman–Crippen LogP) is 2.60. The van der Waals surface area contributed by atoms with E-state index in [1.54, 1.807) is 12.4 Å². The van der Waals surface area contributed by atoms with Crippen LogP contribution in [0, 0.1) is 6.07 Å². The van der Waals surface area contributed by atoms with E-state index in [0.29, 0.717) is 28.8 Å². The second-order valence-electron chi connectivity index (χ2n) is 6.49. The van der Waals surface area contributed by atoms with Gasteiger partial charge in [0.05, 0.1) is 5.56 Å². The van der Waals surface area contributed by atoms with Gasteiger partial charge in [-0.15, -0.1) is 0 Å². The number of benzene rings is 1. The number of nitrogens with two attached hydrogens (primary N) is 1. The number of nitrogens with zero attached hydrogens (tertiary/aromatic N) is 2. The standard InChI is InChI=1S/C20H21N4O2/c21-19(25)18-16-6-7-22-20(16)23-13-17(18)14-4-3-5-15(12-14)26-11-10-24-8-1-2-9-24/h3-5,7,12-13H,1-2,8-11H2,(H2,21,25)(H,22,23). The molecule has 0 saturated carbocycles. The van der Waals surface area contributed by atoms with Gasteiger partial charge in [-0.3, -0.25) is 9.69 Å². The molecule has 6 nitrogen and oxygen atoms in total. The molecule has 1 radical (unpaired) electrons. The van der Waals surface area contributed by atoms with Crippen molar-refractivity contribution < 1.29 is 9.53 Å². The summed E-state index contributed by atoms with van der Waals surface area (Å²) in [5.74, 6) is 0.277. The van der Waals surface area contributed by atoms with Crippen molar-refractivity contribution in [3.63, 3.8) is 0 Å². The number of H-pyrrole nitrogens is 1. The van der Waals surface area contributed by atoms with E-state index in [2.05, 4.69) is 20.9 Å². The number of aromatic amines is 1. The maximum atomic E-state index is 12.0.